The lowest BCUT2D eigenvalue weighted by molar-refractivity contribution is 0.0944. The monoisotopic (exact) mass is 286 g/mol. The smallest absolute Gasteiger partial charge is 0.251 e. The normalized spacial score (nSPS) is 35.4. The Morgan fingerprint density at radius 1 is 1.33 bits per heavy atom. The molecule has 3 aliphatic rings. The van der Waals surface area contributed by atoms with Crippen molar-refractivity contribution in [3.05, 3.63) is 23.8 Å². The summed E-state index contributed by atoms with van der Waals surface area (Å²) in [6.07, 6.45) is 4.14. The first kappa shape index (κ1) is 13.0. The standard InChI is InChI=1S/C17H22N2O2/c1-2-21-13-6-5-11(8-12(13)18)17(20)19-16-14-9-3-4-10(7-9)15(14)16/h5-6,8-10,14-16H,2-4,7,18H2,1H3,(H,19,20). The molecule has 4 atom stereocenters. The van der Waals surface area contributed by atoms with Crippen LogP contribution in [0.4, 0.5) is 5.69 Å². The maximum absolute atomic E-state index is 12.4. The molecule has 3 aliphatic carbocycles. The zero-order valence-electron chi connectivity index (χ0n) is 12.3. The van der Waals surface area contributed by atoms with Crippen molar-refractivity contribution in [2.45, 2.75) is 32.2 Å². The lowest BCUT2D eigenvalue weighted by Crippen LogP contribution is -2.30. The van der Waals surface area contributed by atoms with E-state index in [1.807, 2.05) is 6.92 Å². The van der Waals surface area contributed by atoms with Crippen LogP contribution in [0.15, 0.2) is 18.2 Å². The number of amides is 1. The number of nitrogen functional groups attached to an aromatic ring is 1. The number of benzene rings is 1. The molecule has 0 heterocycles. The summed E-state index contributed by atoms with van der Waals surface area (Å²) in [6, 6.07) is 5.71. The highest BCUT2D eigenvalue weighted by Gasteiger charge is 2.65. The van der Waals surface area contributed by atoms with Crippen LogP contribution >= 0.6 is 0 Å². The van der Waals surface area contributed by atoms with E-state index in [1.54, 1.807) is 18.2 Å². The van der Waals surface area contributed by atoms with Crippen LogP contribution in [0.2, 0.25) is 0 Å². The molecule has 4 unspecified atom stereocenters. The largest absolute Gasteiger partial charge is 0.492 e. The van der Waals surface area contributed by atoms with Gasteiger partial charge >= 0.3 is 0 Å². The third kappa shape index (κ3) is 2.00. The number of hydrogen-bond acceptors (Lipinski definition) is 3. The van der Waals surface area contributed by atoms with Crippen molar-refractivity contribution in [2.24, 2.45) is 23.7 Å². The molecule has 3 fully saturated rings. The number of nitrogens with one attached hydrogen (secondary N) is 1. The topological polar surface area (TPSA) is 64.3 Å². The van der Waals surface area contributed by atoms with E-state index in [0.717, 1.165) is 23.7 Å². The third-order valence-corrected chi connectivity index (χ3v) is 5.60. The second-order valence-corrected chi connectivity index (χ2v) is 6.67. The van der Waals surface area contributed by atoms with Crippen LogP contribution in [0.3, 0.4) is 0 Å². The van der Waals surface area contributed by atoms with E-state index in [4.69, 9.17) is 10.5 Å². The van der Waals surface area contributed by atoms with Gasteiger partial charge in [0.15, 0.2) is 0 Å². The Bertz CT molecular complexity index is 570. The number of carbonyl (C=O) groups excluding carboxylic acids is 1. The minimum absolute atomic E-state index is 0.00329. The van der Waals surface area contributed by atoms with Crippen LogP contribution in [0.5, 0.6) is 5.75 Å². The number of rotatable bonds is 4. The van der Waals surface area contributed by atoms with Gasteiger partial charge in [-0.25, -0.2) is 0 Å². The van der Waals surface area contributed by atoms with Crippen molar-refractivity contribution in [3.8, 4) is 5.75 Å². The molecule has 0 radical (unpaired) electrons. The predicted molar refractivity (Wildman–Crippen MR) is 81.1 cm³/mol. The van der Waals surface area contributed by atoms with Crippen molar-refractivity contribution in [2.75, 3.05) is 12.3 Å². The number of nitrogens with two attached hydrogens (primary N) is 1. The molecule has 0 aromatic heterocycles. The zero-order valence-corrected chi connectivity index (χ0v) is 12.3. The van der Waals surface area contributed by atoms with Gasteiger partial charge in [0, 0.05) is 11.6 Å². The molecule has 21 heavy (non-hydrogen) atoms. The number of anilines is 1. The summed E-state index contributed by atoms with van der Waals surface area (Å²) in [4.78, 5) is 12.4. The molecule has 4 nitrogen and oxygen atoms in total. The SMILES string of the molecule is CCOc1ccc(C(=O)NC2C3C4CCC(C4)C23)cc1N. The maximum atomic E-state index is 12.4. The van der Waals surface area contributed by atoms with Crippen molar-refractivity contribution in [1.29, 1.82) is 0 Å². The Morgan fingerprint density at radius 3 is 2.67 bits per heavy atom. The molecule has 0 spiro atoms. The van der Waals surface area contributed by atoms with Crippen molar-refractivity contribution in [3.63, 3.8) is 0 Å². The van der Waals surface area contributed by atoms with Gasteiger partial charge in [0.05, 0.1) is 12.3 Å². The molecule has 0 aliphatic heterocycles. The van der Waals surface area contributed by atoms with Gasteiger partial charge in [-0.1, -0.05) is 0 Å². The highest BCUT2D eigenvalue weighted by molar-refractivity contribution is 5.96. The molecule has 1 aromatic carbocycles. The molecular weight excluding hydrogens is 264 g/mol. The van der Waals surface area contributed by atoms with Gasteiger partial charge in [-0.2, -0.15) is 0 Å². The van der Waals surface area contributed by atoms with E-state index >= 15 is 0 Å². The van der Waals surface area contributed by atoms with Gasteiger partial charge in [0.2, 0.25) is 0 Å². The van der Waals surface area contributed by atoms with Crippen LogP contribution < -0.4 is 15.8 Å². The molecule has 3 N–H and O–H groups in total. The summed E-state index contributed by atoms with van der Waals surface area (Å²) in [5.74, 6) is 3.91. The fraction of sp³-hybridized carbons (Fsp3) is 0.588. The summed E-state index contributed by atoms with van der Waals surface area (Å²) < 4.78 is 5.41. The van der Waals surface area contributed by atoms with Gasteiger partial charge in [0.1, 0.15) is 5.75 Å². The van der Waals surface area contributed by atoms with Gasteiger partial charge in [0.25, 0.3) is 5.91 Å². The molecule has 112 valence electrons. The molecule has 4 rings (SSSR count). The Balaban J connectivity index is 1.43. The molecule has 1 aromatic rings. The lowest BCUT2D eigenvalue weighted by atomic mass is 10.0. The molecule has 0 saturated heterocycles. The average molecular weight is 286 g/mol. The lowest BCUT2D eigenvalue weighted by Gasteiger charge is -2.12. The summed E-state index contributed by atoms with van der Waals surface area (Å²) in [6.45, 7) is 2.49. The Morgan fingerprint density at radius 2 is 2.05 bits per heavy atom. The first-order valence-electron chi connectivity index (χ1n) is 8.02. The van der Waals surface area contributed by atoms with Crippen LogP contribution in [-0.2, 0) is 0 Å². The number of fused-ring (bicyclic) bond motifs is 5. The van der Waals surface area contributed by atoms with Crippen molar-refractivity contribution in [1.82, 2.24) is 5.32 Å². The van der Waals surface area contributed by atoms with Crippen LogP contribution in [-0.4, -0.2) is 18.6 Å². The van der Waals surface area contributed by atoms with E-state index in [1.165, 1.54) is 19.3 Å². The molecule has 2 bridgehead atoms. The van der Waals surface area contributed by atoms with Crippen molar-refractivity contribution < 1.29 is 9.53 Å². The average Bonchev–Trinajstić information content (AvgIpc) is 2.86. The van der Waals surface area contributed by atoms with E-state index in [0.29, 0.717) is 29.6 Å². The fourth-order valence-electron chi connectivity index (χ4n) is 4.73. The molecular formula is C17H22N2O2. The first-order chi connectivity index (χ1) is 10.2. The quantitative estimate of drug-likeness (QED) is 0.836. The van der Waals surface area contributed by atoms with Crippen molar-refractivity contribution >= 4 is 11.6 Å². The minimum atomic E-state index is 0.00329. The number of carbonyl (C=O) groups is 1. The fourth-order valence-corrected chi connectivity index (χ4v) is 4.73. The van der Waals surface area contributed by atoms with E-state index in [2.05, 4.69) is 5.32 Å². The minimum Gasteiger partial charge on any atom is -0.492 e. The number of ether oxygens (including phenoxy) is 1. The highest BCUT2D eigenvalue weighted by Crippen LogP contribution is 2.65. The third-order valence-electron chi connectivity index (χ3n) is 5.60. The van der Waals surface area contributed by atoms with Crippen LogP contribution in [0, 0.1) is 23.7 Å². The zero-order chi connectivity index (χ0) is 14.6. The van der Waals surface area contributed by atoms with Gasteiger partial charge in [-0.3, -0.25) is 4.79 Å². The predicted octanol–water partition coefficient (Wildman–Crippen LogP) is 2.44. The summed E-state index contributed by atoms with van der Waals surface area (Å²) in [5.41, 5.74) is 7.09. The van der Waals surface area contributed by atoms with Gasteiger partial charge < -0.3 is 15.8 Å². The van der Waals surface area contributed by atoms with Crippen LogP contribution in [0.1, 0.15) is 36.5 Å². The second kappa shape index (κ2) is 4.65. The highest BCUT2D eigenvalue weighted by atomic mass is 16.5. The van der Waals surface area contributed by atoms with Gasteiger partial charge in [-0.15, -0.1) is 0 Å². The molecule has 1 amide bonds. The summed E-state index contributed by atoms with van der Waals surface area (Å²) in [5, 5.41) is 3.22. The Hall–Kier alpha value is -1.71. The Kier molecular flexibility index (Phi) is 2.88. The second-order valence-electron chi connectivity index (χ2n) is 6.67. The summed E-state index contributed by atoms with van der Waals surface area (Å²) in [7, 11) is 0. The van der Waals surface area contributed by atoms with E-state index in [-0.39, 0.29) is 5.91 Å². The van der Waals surface area contributed by atoms with Crippen LogP contribution in [0.25, 0.3) is 0 Å². The molecule has 3 saturated carbocycles. The maximum Gasteiger partial charge on any atom is 0.251 e. The summed E-state index contributed by atoms with van der Waals surface area (Å²) >= 11 is 0. The van der Waals surface area contributed by atoms with E-state index < -0.39 is 0 Å². The Labute approximate surface area is 125 Å². The molecule has 4 heteroatoms. The van der Waals surface area contributed by atoms with Gasteiger partial charge in [-0.05, 0) is 68.1 Å². The van der Waals surface area contributed by atoms with E-state index in [9.17, 15) is 4.79 Å². The number of hydrogen-bond donors (Lipinski definition) is 2. The first-order valence-corrected chi connectivity index (χ1v) is 8.02.